The van der Waals surface area contributed by atoms with Crippen LogP contribution in [0.25, 0.3) is 0 Å². The Hall–Kier alpha value is -3.02. The van der Waals surface area contributed by atoms with E-state index in [9.17, 15) is 9.59 Å². The average molecular weight is 328 g/mol. The zero-order valence-electron chi connectivity index (χ0n) is 13.5. The Morgan fingerprint density at radius 1 is 0.917 bits per heavy atom. The standard InChI is InChI=1S/C18H20N2O4/c1-14(21)20-15-7-9-17(10-8-15)24-13-18(22)19-11-12-23-16-5-3-2-4-6-16/h2-10H,11-13H2,1H3,(H,19,22)(H,20,21). The molecule has 0 aromatic heterocycles. The highest BCUT2D eigenvalue weighted by Gasteiger charge is 2.03. The predicted octanol–water partition coefficient (Wildman–Crippen LogP) is 2.22. The van der Waals surface area contributed by atoms with Crippen molar-refractivity contribution in [3.63, 3.8) is 0 Å². The van der Waals surface area contributed by atoms with Crippen molar-refractivity contribution in [1.82, 2.24) is 5.32 Å². The molecule has 0 spiro atoms. The number of benzene rings is 2. The van der Waals surface area contributed by atoms with Crippen molar-refractivity contribution >= 4 is 17.5 Å². The predicted molar refractivity (Wildman–Crippen MR) is 91.2 cm³/mol. The summed E-state index contributed by atoms with van der Waals surface area (Å²) in [5.41, 5.74) is 0.678. The van der Waals surface area contributed by atoms with Gasteiger partial charge in [-0.15, -0.1) is 0 Å². The molecule has 2 aromatic rings. The number of amides is 2. The van der Waals surface area contributed by atoms with Crippen molar-refractivity contribution < 1.29 is 19.1 Å². The van der Waals surface area contributed by atoms with Gasteiger partial charge in [0.05, 0.1) is 6.54 Å². The van der Waals surface area contributed by atoms with Gasteiger partial charge in [0.25, 0.3) is 5.91 Å². The van der Waals surface area contributed by atoms with E-state index in [0.717, 1.165) is 5.75 Å². The summed E-state index contributed by atoms with van der Waals surface area (Å²) >= 11 is 0. The first-order chi connectivity index (χ1) is 11.6. The third kappa shape index (κ3) is 6.39. The Morgan fingerprint density at radius 2 is 1.58 bits per heavy atom. The number of carbonyl (C=O) groups excluding carboxylic acids is 2. The lowest BCUT2D eigenvalue weighted by Crippen LogP contribution is -2.32. The van der Waals surface area contributed by atoms with Crippen LogP contribution in [-0.2, 0) is 9.59 Å². The number of anilines is 1. The van der Waals surface area contributed by atoms with E-state index in [2.05, 4.69) is 10.6 Å². The molecule has 0 heterocycles. The van der Waals surface area contributed by atoms with Crippen LogP contribution in [0.5, 0.6) is 11.5 Å². The molecule has 0 aliphatic carbocycles. The molecule has 2 rings (SSSR count). The summed E-state index contributed by atoms with van der Waals surface area (Å²) in [6, 6.07) is 16.2. The zero-order chi connectivity index (χ0) is 17.2. The Kier molecular flexibility index (Phi) is 6.64. The van der Waals surface area contributed by atoms with Gasteiger partial charge in [-0.2, -0.15) is 0 Å². The van der Waals surface area contributed by atoms with E-state index in [1.807, 2.05) is 30.3 Å². The lowest BCUT2D eigenvalue weighted by atomic mass is 10.3. The first-order valence-corrected chi connectivity index (χ1v) is 7.58. The van der Waals surface area contributed by atoms with E-state index < -0.39 is 0 Å². The molecular formula is C18H20N2O4. The van der Waals surface area contributed by atoms with Crippen molar-refractivity contribution in [2.24, 2.45) is 0 Å². The Labute approximate surface area is 140 Å². The number of hydrogen-bond donors (Lipinski definition) is 2. The smallest absolute Gasteiger partial charge is 0.258 e. The maximum atomic E-state index is 11.7. The first-order valence-electron chi connectivity index (χ1n) is 7.58. The molecule has 0 bridgehead atoms. The van der Waals surface area contributed by atoms with Gasteiger partial charge in [-0.05, 0) is 36.4 Å². The number of rotatable bonds is 8. The summed E-state index contributed by atoms with van der Waals surface area (Å²) < 4.78 is 10.9. The summed E-state index contributed by atoms with van der Waals surface area (Å²) in [6.45, 7) is 2.15. The molecule has 0 saturated heterocycles. The van der Waals surface area contributed by atoms with Crippen LogP contribution in [0.3, 0.4) is 0 Å². The molecule has 0 aliphatic rings. The normalized spacial score (nSPS) is 9.88. The first kappa shape index (κ1) is 17.3. The number of para-hydroxylation sites is 1. The van der Waals surface area contributed by atoms with Gasteiger partial charge in [0.2, 0.25) is 5.91 Å². The molecule has 0 atom stereocenters. The van der Waals surface area contributed by atoms with Gasteiger partial charge in [-0.25, -0.2) is 0 Å². The summed E-state index contributed by atoms with van der Waals surface area (Å²) in [5.74, 6) is 0.959. The molecule has 6 heteroatoms. The van der Waals surface area contributed by atoms with Crippen molar-refractivity contribution in [2.75, 3.05) is 25.1 Å². The number of carbonyl (C=O) groups is 2. The highest BCUT2D eigenvalue weighted by Crippen LogP contribution is 2.15. The third-order valence-electron chi connectivity index (χ3n) is 2.98. The number of ether oxygens (including phenoxy) is 2. The van der Waals surface area contributed by atoms with E-state index in [4.69, 9.17) is 9.47 Å². The fraction of sp³-hybridized carbons (Fsp3) is 0.222. The Bertz CT molecular complexity index is 656. The van der Waals surface area contributed by atoms with Crippen molar-refractivity contribution in [1.29, 1.82) is 0 Å². The lowest BCUT2D eigenvalue weighted by Gasteiger charge is -2.09. The second kappa shape index (κ2) is 9.19. The van der Waals surface area contributed by atoms with E-state index in [0.29, 0.717) is 24.6 Å². The molecule has 2 N–H and O–H groups in total. The summed E-state index contributed by atoms with van der Waals surface area (Å²) in [5, 5.41) is 5.37. The van der Waals surface area contributed by atoms with Gasteiger partial charge >= 0.3 is 0 Å². The van der Waals surface area contributed by atoms with E-state index in [1.165, 1.54) is 6.92 Å². The molecule has 0 radical (unpaired) electrons. The minimum absolute atomic E-state index is 0.0786. The second-order valence-corrected chi connectivity index (χ2v) is 5.01. The molecule has 0 unspecified atom stereocenters. The SMILES string of the molecule is CC(=O)Nc1ccc(OCC(=O)NCCOc2ccccc2)cc1. The zero-order valence-corrected chi connectivity index (χ0v) is 13.5. The molecule has 2 aromatic carbocycles. The largest absolute Gasteiger partial charge is 0.492 e. The fourth-order valence-electron chi connectivity index (χ4n) is 1.91. The Morgan fingerprint density at radius 3 is 2.25 bits per heavy atom. The summed E-state index contributed by atoms with van der Waals surface area (Å²) in [6.07, 6.45) is 0. The molecular weight excluding hydrogens is 308 g/mol. The molecule has 2 amide bonds. The quantitative estimate of drug-likeness (QED) is 0.729. The third-order valence-corrected chi connectivity index (χ3v) is 2.98. The highest BCUT2D eigenvalue weighted by atomic mass is 16.5. The van der Waals surface area contributed by atoms with Crippen molar-refractivity contribution in [2.45, 2.75) is 6.92 Å². The van der Waals surface area contributed by atoms with E-state index >= 15 is 0 Å². The molecule has 24 heavy (non-hydrogen) atoms. The second-order valence-electron chi connectivity index (χ2n) is 5.01. The fourth-order valence-corrected chi connectivity index (χ4v) is 1.91. The molecule has 0 fully saturated rings. The van der Waals surface area contributed by atoms with Crippen LogP contribution in [0.15, 0.2) is 54.6 Å². The summed E-state index contributed by atoms with van der Waals surface area (Å²) in [4.78, 5) is 22.6. The van der Waals surface area contributed by atoms with Gasteiger partial charge in [0.1, 0.15) is 18.1 Å². The van der Waals surface area contributed by atoms with Gasteiger partial charge in [-0.1, -0.05) is 18.2 Å². The van der Waals surface area contributed by atoms with Crippen LogP contribution in [0.4, 0.5) is 5.69 Å². The summed E-state index contributed by atoms with van der Waals surface area (Å²) in [7, 11) is 0. The highest BCUT2D eigenvalue weighted by molar-refractivity contribution is 5.88. The van der Waals surface area contributed by atoms with Crippen LogP contribution in [0.1, 0.15) is 6.92 Å². The van der Waals surface area contributed by atoms with E-state index in [-0.39, 0.29) is 18.4 Å². The van der Waals surface area contributed by atoms with Crippen LogP contribution < -0.4 is 20.1 Å². The van der Waals surface area contributed by atoms with E-state index in [1.54, 1.807) is 24.3 Å². The van der Waals surface area contributed by atoms with Crippen molar-refractivity contribution in [3.05, 3.63) is 54.6 Å². The molecule has 126 valence electrons. The molecule has 0 saturated carbocycles. The molecule has 6 nitrogen and oxygen atoms in total. The minimum atomic E-state index is -0.224. The van der Waals surface area contributed by atoms with Gasteiger partial charge in [-0.3, -0.25) is 9.59 Å². The minimum Gasteiger partial charge on any atom is -0.492 e. The molecule has 0 aliphatic heterocycles. The van der Waals surface area contributed by atoms with Gasteiger partial charge in [0.15, 0.2) is 6.61 Å². The van der Waals surface area contributed by atoms with Crippen LogP contribution >= 0.6 is 0 Å². The van der Waals surface area contributed by atoms with Gasteiger partial charge < -0.3 is 20.1 Å². The Balaban J connectivity index is 1.63. The monoisotopic (exact) mass is 328 g/mol. The average Bonchev–Trinajstić information content (AvgIpc) is 2.58. The maximum Gasteiger partial charge on any atom is 0.258 e. The number of nitrogens with one attached hydrogen (secondary N) is 2. The lowest BCUT2D eigenvalue weighted by molar-refractivity contribution is -0.123. The topological polar surface area (TPSA) is 76.7 Å². The van der Waals surface area contributed by atoms with Crippen LogP contribution in [-0.4, -0.2) is 31.6 Å². The van der Waals surface area contributed by atoms with Crippen molar-refractivity contribution in [3.8, 4) is 11.5 Å². The van der Waals surface area contributed by atoms with Crippen LogP contribution in [0, 0.1) is 0 Å². The van der Waals surface area contributed by atoms with Crippen LogP contribution in [0.2, 0.25) is 0 Å². The maximum absolute atomic E-state index is 11.7. The number of hydrogen-bond acceptors (Lipinski definition) is 4. The van der Waals surface area contributed by atoms with Gasteiger partial charge in [0, 0.05) is 12.6 Å².